The van der Waals surface area contributed by atoms with Crippen molar-refractivity contribution < 1.29 is 26.4 Å². The third kappa shape index (κ3) is 3.67. The summed E-state index contributed by atoms with van der Waals surface area (Å²) in [5.41, 5.74) is -0.989. The topological polar surface area (TPSA) is 57.7 Å². The average molecular weight is 376 g/mol. The number of nitrogens with zero attached hydrogens (tertiary/aromatic N) is 2. The minimum Gasteiger partial charge on any atom is -0.342 e. The Morgan fingerprint density at radius 1 is 1.08 bits per heavy atom. The molecule has 2 fully saturated rings. The second-order valence-electron chi connectivity index (χ2n) is 6.38. The zero-order valence-corrected chi connectivity index (χ0v) is 14.3. The lowest BCUT2D eigenvalue weighted by molar-refractivity contribution is -0.140. The molecule has 1 aromatic rings. The Balaban J connectivity index is 1.71. The first-order valence-corrected chi connectivity index (χ1v) is 9.60. The van der Waals surface area contributed by atoms with Crippen molar-refractivity contribution in [2.75, 3.05) is 26.2 Å². The quantitative estimate of drug-likeness (QED) is 0.814. The Bertz CT molecular complexity index is 752. The van der Waals surface area contributed by atoms with Crippen LogP contribution < -0.4 is 0 Å². The van der Waals surface area contributed by atoms with Crippen LogP contribution in [0.4, 0.5) is 13.2 Å². The Morgan fingerprint density at radius 2 is 1.72 bits per heavy atom. The largest absolute Gasteiger partial charge is 0.416 e. The summed E-state index contributed by atoms with van der Waals surface area (Å²) >= 11 is 0. The highest BCUT2D eigenvalue weighted by Crippen LogP contribution is 2.32. The smallest absolute Gasteiger partial charge is 0.342 e. The first kappa shape index (κ1) is 18.2. The van der Waals surface area contributed by atoms with Gasteiger partial charge >= 0.3 is 6.18 Å². The Kier molecular flexibility index (Phi) is 4.80. The second-order valence-corrected chi connectivity index (χ2v) is 8.32. The van der Waals surface area contributed by atoms with Gasteiger partial charge in [0.05, 0.1) is 10.5 Å². The van der Waals surface area contributed by atoms with Crippen molar-refractivity contribution in [1.82, 2.24) is 9.21 Å². The van der Waals surface area contributed by atoms with Crippen molar-refractivity contribution in [1.29, 1.82) is 0 Å². The van der Waals surface area contributed by atoms with Crippen LogP contribution in [0.1, 0.15) is 24.8 Å². The summed E-state index contributed by atoms with van der Waals surface area (Å²) in [5.74, 6) is -0.143. The van der Waals surface area contributed by atoms with Gasteiger partial charge in [0, 0.05) is 32.1 Å². The third-order valence-electron chi connectivity index (χ3n) is 4.77. The summed E-state index contributed by atoms with van der Waals surface area (Å²) in [6, 6.07) is 3.77. The number of alkyl halides is 3. The molecule has 0 spiro atoms. The molecule has 1 aromatic carbocycles. The molecule has 2 aliphatic heterocycles. The van der Waals surface area contributed by atoms with E-state index in [2.05, 4.69) is 0 Å². The van der Waals surface area contributed by atoms with Crippen molar-refractivity contribution in [3.63, 3.8) is 0 Å². The van der Waals surface area contributed by atoms with E-state index in [0.29, 0.717) is 18.9 Å². The first-order valence-electron chi connectivity index (χ1n) is 8.16. The number of hydrogen-bond acceptors (Lipinski definition) is 3. The number of piperidine rings is 1. The summed E-state index contributed by atoms with van der Waals surface area (Å²) in [5, 5.41) is 0. The molecule has 3 rings (SSSR count). The van der Waals surface area contributed by atoms with Gasteiger partial charge in [0.15, 0.2) is 0 Å². The third-order valence-corrected chi connectivity index (χ3v) is 6.66. The number of amides is 1. The van der Waals surface area contributed by atoms with Crippen LogP contribution in [0.2, 0.25) is 0 Å². The summed E-state index contributed by atoms with van der Waals surface area (Å²) in [7, 11) is -4.00. The monoisotopic (exact) mass is 376 g/mol. The minimum absolute atomic E-state index is 0.0577. The van der Waals surface area contributed by atoms with Gasteiger partial charge in [0.2, 0.25) is 15.9 Å². The number of halogens is 3. The molecule has 0 aliphatic carbocycles. The predicted molar refractivity (Wildman–Crippen MR) is 84.1 cm³/mol. The highest BCUT2D eigenvalue weighted by molar-refractivity contribution is 7.89. The zero-order valence-electron chi connectivity index (χ0n) is 13.5. The van der Waals surface area contributed by atoms with E-state index in [-0.39, 0.29) is 29.8 Å². The summed E-state index contributed by atoms with van der Waals surface area (Å²) in [4.78, 5) is 13.6. The number of rotatable bonds is 3. The van der Waals surface area contributed by atoms with Crippen LogP contribution in [0.3, 0.4) is 0 Å². The standard InChI is InChI=1S/C16H19F3N2O3S/c17-16(18,19)13-3-1-4-14(11-13)25(23,24)21-9-5-12(6-10-21)15(22)20-7-2-8-20/h1,3-4,11-12H,2,5-10H2. The second kappa shape index (κ2) is 6.60. The summed E-state index contributed by atoms with van der Waals surface area (Å²) < 4.78 is 64.8. The molecule has 138 valence electrons. The predicted octanol–water partition coefficient (Wildman–Crippen LogP) is 2.34. The van der Waals surface area contributed by atoms with Gasteiger partial charge in [-0.15, -0.1) is 0 Å². The molecule has 2 heterocycles. The van der Waals surface area contributed by atoms with E-state index in [0.717, 1.165) is 31.6 Å². The fraction of sp³-hybridized carbons (Fsp3) is 0.562. The lowest BCUT2D eigenvalue weighted by Gasteiger charge is -2.37. The highest BCUT2D eigenvalue weighted by Gasteiger charge is 2.36. The maximum Gasteiger partial charge on any atom is 0.416 e. The number of sulfonamides is 1. The van der Waals surface area contributed by atoms with Gasteiger partial charge < -0.3 is 4.90 Å². The van der Waals surface area contributed by atoms with Crippen molar-refractivity contribution in [3.05, 3.63) is 29.8 Å². The van der Waals surface area contributed by atoms with E-state index in [4.69, 9.17) is 0 Å². The molecule has 2 aliphatic rings. The molecule has 9 heteroatoms. The van der Waals surface area contributed by atoms with Crippen molar-refractivity contribution in [2.24, 2.45) is 5.92 Å². The van der Waals surface area contributed by atoms with E-state index in [1.807, 2.05) is 0 Å². The molecular formula is C16H19F3N2O3S. The first-order chi connectivity index (χ1) is 11.7. The number of carbonyl (C=O) groups excluding carboxylic acids is 1. The maximum absolute atomic E-state index is 12.8. The van der Waals surface area contributed by atoms with Gasteiger partial charge in [-0.3, -0.25) is 4.79 Å². The number of likely N-dealkylation sites (tertiary alicyclic amines) is 1. The van der Waals surface area contributed by atoms with Crippen LogP contribution in [0.25, 0.3) is 0 Å². The molecule has 0 unspecified atom stereocenters. The fourth-order valence-corrected chi connectivity index (χ4v) is 4.64. The van der Waals surface area contributed by atoms with Crippen LogP contribution in [0, 0.1) is 5.92 Å². The lowest BCUT2D eigenvalue weighted by Crippen LogP contribution is -2.48. The molecule has 5 nitrogen and oxygen atoms in total. The molecular weight excluding hydrogens is 357 g/mol. The lowest BCUT2D eigenvalue weighted by atomic mass is 9.95. The fourth-order valence-electron chi connectivity index (χ4n) is 3.12. The minimum atomic E-state index is -4.60. The Labute approximate surface area is 144 Å². The molecule has 0 atom stereocenters. The van der Waals surface area contributed by atoms with E-state index in [1.54, 1.807) is 4.90 Å². The van der Waals surface area contributed by atoms with Gasteiger partial charge in [-0.25, -0.2) is 8.42 Å². The van der Waals surface area contributed by atoms with Gasteiger partial charge in [-0.05, 0) is 37.5 Å². The molecule has 0 saturated carbocycles. The van der Waals surface area contributed by atoms with Gasteiger partial charge in [0.1, 0.15) is 0 Å². The normalized spacial score (nSPS) is 20.4. The molecule has 25 heavy (non-hydrogen) atoms. The van der Waals surface area contributed by atoms with Crippen LogP contribution >= 0.6 is 0 Å². The molecule has 0 radical (unpaired) electrons. The number of carbonyl (C=O) groups is 1. The van der Waals surface area contributed by atoms with Crippen molar-refractivity contribution in [3.8, 4) is 0 Å². The van der Waals surface area contributed by atoms with E-state index >= 15 is 0 Å². The number of hydrogen-bond donors (Lipinski definition) is 0. The average Bonchev–Trinajstić information content (AvgIpc) is 2.52. The Hall–Kier alpha value is -1.61. The SMILES string of the molecule is O=C(C1CCN(S(=O)(=O)c2cccc(C(F)(F)F)c2)CC1)N1CCC1. The maximum atomic E-state index is 12.8. The molecule has 0 aromatic heterocycles. The van der Waals surface area contributed by atoms with Crippen LogP contribution in [0.5, 0.6) is 0 Å². The van der Waals surface area contributed by atoms with Crippen LogP contribution in [-0.4, -0.2) is 49.7 Å². The zero-order chi connectivity index (χ0) is 18.2. The number of benzene rings is 1. The van der Waals surface area contributed by atoms with Crippen molar-refractivity contribution >= 4 is 15.9 Å². The molecule has 2 saturated heterocycles. The summed E-state index contributed by atoms with van der Waals surface area (Å²) in [6.45, 7) is 1.79. The van der Waals surface area contributed by atoms with Crippen LogP contribution in [0.15, 0.2) is 29.2 Å². The van der Waals surface area contributed by atoms with Crippen molar-refractivity contribution in [2.45, 2.75) is 30.3 Å². The van der Waals surface area contributed by atoms with Crippen LogP contribution in [-0.2, 0) is 21.0 Å². The van der Waals surface area contributed by atoms with Gasteiger partial charge in [-0.2, -0.15) is 17.5 Å². The van der Waals surface area contributed by atoms with E-state index in [1.165, 1.54) is 10.4 Å². The highest BCUT2D eigenvalue weighted by atomic mass is 32.2. The summed E-state index contributed by atoms with van der Waals surface area (Å²) in [6.07, 6.45) is -2.81. The molecule has 0 N–H and O–H groups in total. The van der Waals surface area contributed by atoms with E-state index < -0.39 is 21.8 Å². The Morgan fingerprint density at radius 3 is 2.24 bits per heavy atom. The van der Waals surface area contributed by atoms with E-state index in [9.17, 15) is 26.4 Å². The van der Waals surface area contributed by atoms with Gasteiger partial charge in [0.25, 0.3) is 0 Å². The van der Waals surface area contributed by atoms with Gasteiger partial charge in [-0.1, -0.05) is 6.07 Å². The molecule has 0 bridgehead atoms. The molecule has 1 amide bonds.